The van der Waals surface area contributed by atoms with Gasteiger partial charge in [-0.25, -0.2) is 0 Å². The van der Waals surface area contributed by atoms with Crippen LogP contribution in [0.25, 0.3) is 0 Å². The highest BCUT2D eigenvalue weighted by Gasteiger charge is 2.43. The Labute approximate surface area is 115 Å². The van der Waals surface area contributed by atoms with Crippen molar-refractivity contribution in [1.82, 2.24) is 5.32 Å². The summed E-state index contributed by atoms with van der Waals surface area (Å²) in [7, 11) is 1.43. The summed E-state index contributed by atoms with van der Waals surface area (Å²) in [5.74, 6) is -0.229. The van der Waals surface area contributed by atoms with E-state index in [0.717, 1.165) is 6.42 Å². The Balaban J connectivity index is 2.31. The van der Waals surface area contributed by atoms with Crippen LogP contribution in [0, 0.1) is 5.41 Å². The lowest BCUT2D eigenvalue weighted by molar-refractivity contribution is -0.147. The molecule has 1 unspecified atom stereocenters. The molecule has 1 aromatic rings. The summed E-state index contributed by atoms with van der Waals surface area (Å²) in [6.45, 7) is 8.21. The lowest BCUT2D eigenvalue weighted by atomic mass is 9.84. The number of carbonyl (C=O) groups is 1. The predicted octanol–water partition coefficient (Wildman–Crippen LogP) is 2.85. The van der Waals surface area contributed by atoms with E-state index in [4.69, 9.17) is 4.74 Å². The fourth-order valence-electron chi connectivity index (χ4n) is 2.94. The van der Waals surface area contributed by atoms with E-state index in [2.05, 4.69) is 43.4 Å². The van der Waals surface area contributed by atoms with E-state index in [1.807, 2.05) is 13.8 Å². The molecule has 1 N–H and O–H groups in total. The highest BCUT2D eigenvalue weighted by atomic mass is 16.5. The molecular formula is C16H23NO2. The lowest BCUT2D eigenvalue weighted by Gasteiger charge is -2.35. The van der Waals surface area contributed by atoms with E-state index in [1.54, 1.807) is 0 Å². The van der Waals surface area contributed by atoms with E-state index in [0.29, 0.717) is 0 Å². The van der Waals surface area contributed by atoms with Gasteiger partial charge in [-0.1, -0.05) is 38.1 Å². The largest absolute Gasteiger partial charge is 0.468 e. The van der Waals surface area contributed by atoms with Gasteiger partial charge in [0.1, 0.15) is 5.54 Å². The molecule has 0 saturated heterocycles. The molecule has 0 heterocycles. The maximum Gasteiger partial charge on any atom is 0.325 e. The van der Waals surface area contributed by atoms with Gasteiger partial charge in [-0.3, -0.25) is 10.1 Å². The first-order valence-electron chi connectivity index (χ1n) is 6.72. The van der Waals surface area contributed by atoms with Gasteiger partial charge in [0.2, 0.25) is 0 Å². The van der Waals surface area contributed by atoms with Crippen molar-refractivity contribution < 1.29 is 9.53 Å². The molecule has 0 radical (unpaired) electrons. The lowest BCUT2D eigenvalue weighted by Crippen LogP contribution is -2.51. The molecule has 104 valence electrons. The molecule has 2 rings (SSSR count). The number of benzene rings is 1. The number of esters is 1. The summed E-state index contributed by atoms with van der Waals surface area (Å²) in [5, 5.41) is 3.48. The second-order valence-electron chi connectivity index (χ2n) is 6.56. The van der Waals surface area contributed by atoms with Crippen molar-refractivity contribution in [3.63, 3.8) is 0 Å². The zero-order valence-electron chi connectivity index (χ0n) is 12.4. The molecule has 19 heavy (non-hydrogen) atoms. The van der Waals surface area contributed by atoms with Gasteiger partial charge in [-0.2, -0.15) is 0 Å². The second kappa shape index (κ2) is 4.64. The number of hydrogen-bond acceptors (Lipinski definition) is 3. The Bertz CT molecular complexity index is 491. The number of rotatable bonds is 3. The van der Waals surface area contributed by atoms with Crippen molar-refractivity contribution in [3.8, 4) is 0 Å². The number of methoxy groups -OCH3 is 1. The first-order valence-corrected chi connectivity index (χ1v) is 6.72. The fraction of sp³-hybridized carbons (Fsp3) is 0.562. The summed E-state index contributed by atoms with van der Waals surface area (Å²) in [6, 6.07) is 8.61. The molecule has 1 atom stereocenters. The normalized spacial score (nSPS) is 21.0. The van der Waals surface area contributed by atoms with E-state index in [1.165, 1.54) is 18.2 Å². The van der Waals surface area contributed by atoms with Gasteiger partial charge in [0.25, 0.3) is 0 Å². The third-order valence-corrected chi connectivity index (χ3v) is 3.99. The molecule has 0 aliphatic heterocycles. The molecule has 1 aromatic carbocycles. The van der Waals surface area contributed by atoms with Crippen molar-refractivity contribution in [3.05, 3.63) is 35.4 Å². The van der Waals surface area contributed by atoms with Gasteiger partial charge in [0.15, 0.2) is 0 Å². The second-order valence-corrected chi connectivity index (χ2v) is 6.56. The van der Waals surface area contributed by atoms with Crippen LogP contribution in [0.4, 0.5) is 0 Å². The van der Waals surface area contributed by atoms with E-state index < -0.39 is 5.54 Å². The van der Waals surface area contributed by atoms with Crippen LogP contribution in [0.3, 0.4) is 0 Å². The van der Waals surface area contributed by atoms with E-state index in [9.17, 15) is 4.79 Å². The minimum atomic E-state index is -0.686. The van der Waals surface area contributed by atoms with Crippen LogP contribution in [0.5, 0.6) is 0 Å². The summed E-state index contributed by atoms with van der Waals surface area (Å²) >= 11 is 0. The van der Waals surface area contributed by atoms with Gasteiger partial charge in [-0.05, 0) is 36.8 Å². The molecule has 0 amide bonds. The van der Waals surface area contributed by atoms with Gasteiger partial charge in [0, 0.05) is 6.04 Å². The maximum atomic E-state index is 11.9. The minimum absolute atomic E-state index is 0.0922. The zero-order chi connectivity index (χ0) is 14.3. The smallest absolute Gasteiger partial charge is 0.325 e. The first kappa shape index (κ1) is 14.1. The Kier molecular flexibility index (Phi) is 3.43. The molecule has 1 aliphatic rings. The monoisotopic (exact) mass is 261 g/mol. The molecule has 0 aromatic heterocycles. The quantitative estimate of drug-likeness (QED) is 0.850. The summed E-state index contributed by atoms with van der Waals surface area (Å²) in [4.78, 5) is 11.9. The standard InChI is InChI=1S/C16H23NO2/c1-15(2)10-11-8-6-7-9-12(11)13(15)17-16(3,4)14(18)19-5/h6-9,13,17H,10H2,1-5H3. The molecule has 3 heteroatoms. The van der Waals surface area contributed by atoms with Crippen LogP contribution in [-0.4, -0.2) is 18.6 Å². The van der Waals surface area contributed by atoms with Gasteiger partial charge < -0.3 is 4.74 Å². The fourth-order valence-corrected chi connectivity index (χ4v) is 2.94. The third kappa shape index (κ3) is 2.52. The van der Waals surface area contributed by atoms with Crippen molar-refractivity contribution in [2.45, 2.75) is 45.7 Å². The van der Waals surface area contributed by atoms with Gasteiger partial charge in [0.05, 0.1) is 7.11 Å². The Morgan fingerprint density at radius 1 is 1.37 bits per heavy atom. The summed E-state index contributed by atoms with van der Waals surface area (Å²) in [5.41, 5.74) is 2.07. The summed E-state index contributed by atoms with van der Waals surface area (Å²) < 4.78 is 4.88. The first-order chi connectivity index (χ1) is 8.78. The average Bonchev–Trinajstić information content (AvgIpc) is 2.59. The highest BCUT2D eigenvalue weighted by Crippen LogP contribution is 2.45. The molecule has 0 saturated carbocycles. The molecule has 0 spiro atoms. The third-order valence-electron chi connectivity index (χ3n) is 3.99. The number of carbonyl (C=O) groups excluding carboxylic acids is 1. The number of nitrogens with one attached hydrogen (secondary N) is 1. The van der Waals surface area contributed by atoms with E-state index >= 15 is 0 Å². The van der Waals surface area contributed by atoms with Gasteiger partial charge >= 0.3 is 5.97 Å². The molecule has 1 aliphatic carbocycles. The van der Waals surface area contributed by atoms with Crippen molar-refractivity contribution in [1.29, 1.82) is 0 Å². The average molecular weight is 261 g/mol. The minimum Gasteiger partial charge on any atom is -0.468 e. The molecule has 0 bridgehead atoms. The van der Waals surface area contributed by atoms with Crippen LogP contribution in [-0.2, 0) is 16.0 Å². The summed E-state index contributed by atoms with van der Waals surface area (Å²) in [6.07, 6.45) is 1.03. The zero-order valence-corrected chi connectivity index (χ0v) is 12.4. The van der Waals surface area contributed by atoms with E-state index in [-0.39, 0.29) is 17.4 Å². The van der Waals surface area contributed by atoms with Crippen molar-refractivity contribution >= 4 is 5.97 Å². The Morgan fingerprint density at radius 2 is 2.00 bits per heavy atom. The highest BCUT2D eigenvalue weighted by molar-refractivity contribution is 5.79. The van der Waals surface area contributed by atoms with Crippen molar-refractivity contribution in [2.24, 2.45) is 5.41 Å². The SMILES string of the molecule is COC(=O)C(C)(C)NC1c2ccccc2CC1(C)C. The maximum absolute atomic E-state index is 11.9. The van der Waals surface area contributed by atoms with Crippen LogP contribution < -0.4 is 5.32 Å². The molecule has 3 nitrogen and oxygen atoms in total. The topological polar surface area (TPSA) is 38.3 Å². The number of fused-ring (bicyclic) bond motifs is 1. The predicted molar refractivity (Wildman–Crippen MR) is 75.9 cm³/mol. The molecular weight excluding hydrogens is 238 g/mol. The van der Waals surface area contributed by atoms with Crippen LogP contribution in [0.1, 0.15) is 44.9 Å². The Morgan fingerprint density at radius 3 is 2.63 bits per heavy atom. The Hall–Kier alpha value is -1.35. The van der Waals surface area contributed by atoms with Crippen LogP contribution in [0.2, 0.25) is 0 Å². The molecule has 0 fully saturated rings. The van der Waals surface area contributed by atoms with Crippen LogP contribution >= 0.6 is 0 Å². The number of ether oxygens (including phenoxy) is 1. The van der Waals surface area contributed by atoms with Crippen LogP contribution in [0.15, 0.2) is 24.3 Å². The van der Waals surface area contributed by atoms with Crippen molar-refractivity contribution in [2.75, 3.05) is 7.11 Å². The van der Waals surface area contributed by atoms with Gasteiger partial charge in [-0.15, -0.1) is 0 Å². The number of hydrogen-bond donors (Lipinski definition) is 1.